The fourth-order valence-corrected chi connectivity index (χ4v) is 4.69. The van der Waals surface area contributed by atoms with Crippen molar-refractivity contribution >= 4 is 29.2 Å². The van der Waals surface area contributed by atoms with Crippen LogP contribution in [0.2, 0.25) is 0 Å². The highest BCUT2D eigenvalue weighted by Crippen LogP contribution is 2.46. The second-order valence-electron chi connectivity index (χ2n) is 7.09. The molecule has 7 nitrogen and oxygen atoms in total. The molecule has 2 atom stereocenters. The van der Waals surface area contributed by atoms with Crippen molar-refractivity contribution in [3.63, 3.8) is 0 Å². The minimum atomic E-state index is -2.09. The van der Waals surface area contributed by atoms with E-state index >= 15 is 0 Å². The average molecular weight is 452 g/mol. The number of para-hydroxylation sites is 1. The number of fused-ring (bicyclic) bond motifs is 1. The third-order valence-corrected chi connectivity index (χ3v) is 6.21. The molecule has 0 radical (unpaired) electrons. The van der Waals surface area contributed by atoms with Gasteiger partial charge in [-0.05, 0) is 48.7 Å². The van der Waals surface area contributed by atoms with Crippen LogP contribution in [0.3, 0.4) is 0 Å². The molecule has 0 spiro atoms. The Morgan fingerprint density at radius 1 is 1.09 bits per heavy atom. The molecule has 0 bridgehead atoms. The Labute approximate surface area is 188 Å². The minimum Gasteiger partial charge on any atom is -0.497 e. The number of benzene rings is 2. The highest BCUT2D eigenvalue weighted by molar-refractivity contribution is 7.10. The van der Waals surface area contributed by atoms with Gasteiger partial charge in [0.05, 0.1) is 19.6 Å². The van der Waals surface area contributed by atoms with Gasteiger partial charge in [-0.3, -0.25) is 4.79 Å². The summed E-state index contributed by atoms with van der Waals surface area (Å²) in [7, 11) is 1.52. The molecule has 1 aliphatic heterocycles. The maximum atomic E-state index is 13.4. The lowest BCUT2D eigenvalue weighted by Crippen LogP contribution is -2.67. The van der Waals surface area contributed by atoms with Crippen LogP contribution in [0.5, 0.6) is 11.5 Å². The molecule has 0 aliphatic carbocycles. The number of ether oxygens (including phenoxy) is 3. The topological polar surface area (TPSA) is 90.9 Å². The molecule has 32 heavy (non-hydrogen) atoms. The van der Waals surface area contributed by atoms with Crippen LogP contribution in [0, 0.1) is 0 Å². The Morgan fingerprint density at radius 2 is 1.84 bits per heavy atom. The molecule has 2 unspecified atom stereocenters. The van der Waals surface area contributed by atoms with Crippen molar-refractivity contribution in [2.24, 2.45) is 0 Å². The van der Waals surface area contributed by atoms with E-state index in [0.29, 0.717) is 17.1 Å². The average Bonchev–Trinajstić information content (AvgIpc) is 3.34. The highest BCUT2D eigenvalue weighted by Gasteiger charge is 2.61. The van der Waals surface area contributed by atoms with Crippen LogP contribution in [-0.2, 0) is 14.3 Å². The molecule has 1 aromatic heterocycles. The Hall–Kier alpha value is -3.65. The Balaban J connectivity index is 1.86. The van der Waals surface area contributed by atoms with Crippen LogP contribution in [0.1, 0.15) is 33.6 Å². The maximum absolute atomic E-state index is 13.4. The second kappa shape index (κ2) is 8.84. The van der Waals surface area contributed by atoms with Crippen molar-refractivity contribution in [3.05, 3.63) is 82.0 Å². The molecule has 1 aliphatic rings. The van der Waals surface area contributed by atoms with Gasteiger partial charge in [0.1, 0.15) is 11.5 Å². The van der Waals surface area contributed by atoms with E-state index in [4.69, 9.17) is 14.2 Å². The predicted octanol–water partition coefficient (Wildman–Crippen LogP) is 3.54. The van der Waals surface area contributed by atoms with Crippen LogP contribution in [0.4, 0.5) is 0 Å². The lowest BCUT2D eigenvalue weighted by molar-refractivity contribution is -0.163. The maximum Gasteiger partial charge on any atom is 0.350 e. The van der Waals surface area contributed by atoms with Gasteiger partial charge in [-0.2, -0.15) is 0 Å². The van der Waals surface area contributed by atoms with E-state index in [0.717, 1.165) is 4.88 Å². The van der Waals surface area contributed by atoms with E-state index < -0.39 is 29.3 Å². The summed E-state index contributed by atoms with van der Waals surface area (Å²) in [6.45, 7) is 1.67. The monoisotopic (exact) mass is 451 g/mol. The summed E-state index contributed by atoms with van der Waals surface area (Å²) in [5.41, 5.74) is -1.23. The number of esters is 2. The number of hydrogen-bond acceptors (Lipinski definition) is 7. The van der Waals surface area contributed by atoms with Gasteiger partial charge in [0.2, 0.25) is 5.54 Å². The number of thiophene rings is 1. The summed E-state index contributed by atoms with van der Waals surface area (Å²) in [6, 6.07) is 17.0. The van der Waals surface area contributed by atoms with Crippen molar-refractivity contribution in [1.29, 1.82) is 0 Å². The molecular weight excluding hydrogens is 430 g/mol. The van der Waals surface area contributed by atoms with Gasteiger partial charge in [0, 0.05) is 16.0 Å². The molecule has 0 saturated carbocycles. The Kier molecular flexibility index (Phi) is 5.96. The first-order valence-corrected chi connectivity index (χ1v) is 10.9. The van der Waals surface area contributed by atoms with Crippen molar-refractivity contribution in [1.82, 2.24) is 5.32 Å². The number of carbonyl (C=O) groups is 3. The van der Waals surface area contributed by atoms with E-state index in [-0.39, 0.29) is 12.2 Å². The first-order chi connectivity index (χ1) is 15.5. The lowest BCUT2D eigenvalue weighted by Gasteiger charge is -2.40. The van der Waals surface area contributed by atoms with Gasteiger partial charge in [0.25, 0.3) is 5.91 Å². The zero-order chi connectivity index (χ0) is 22.7. The van der Waals surface area contributed by atoms with Crippen molar-refractivity contribution in [3.8, 4) is 11.5 Å². The molecule has 1 N–H and O–H groups in total. The number of nitrogens with one attached hydrogen (secondary N) is 1. The van der Waals surface area contributed by atoms with Gasteiger partial charge < -0.3 is 19.5 Å². The SMILES string of the molecule is CCOC(=O)C1(NC(=O)c2ccc(OC)cc2)C(=O)Oc2ccccc2C1c1cccs1. The van der Waals surface area contributed by atoms with Crippen LogP contribution in [0.25, 0.3) is 0 Å². The fourth-order valence-electron chi connectivity index (χ4n) is 3.78. The molecule has 1 amide bonds. The van der Waals surface area contributed by atoms with Gasteiger partial charge >= 0.3 is 11.9 Å². The fraction of sp³-hybridized carbons (Fsp3) is 0.208. The molecule has 0 fully saturated rings. The molecule has 8 heteroatoms. The number of hydrogen-bond donors (Lipinski definition) is 1. The van der Waals surface area contributed by atoms with Gasteiger partial charge in [-0.15, -0.1) is 11.3 Å². The van der Waals surface area contributed by atoms with E-state index in [1.165, 1.54) is 18.4 Å². The standard InChI is InChI=1S/C24H21NO6S/c1-3-30-22(27)24(25-21(26)15-10-12-16(29-2)13-11-15)20(19-9-6-14-32-19)17-7-4-5-8-18(17)31-23(24)28/h4-14,20H,3H2,1-2H3,(H,25,26). The zero-order valence-corrected chi connectivity index (χ0v) is 18.3. The zero-order valence-electron chi connectivity index (χ0n) is 17.5. The molecule has 3 aromatic rings. The molecule has 0 saturated heterocycles. The van der Waals surface area contributed by atoms with E-state index in [2.05, 4.69) is 5.32 Å². The van der Waals surface area contributed by atoms with Crippen molar-refractivity contribution in [2.45, 2.75) is 18.4 Å². The first kappa shape index (κ1) is 21.6. The number of methoxy groups -OCH3 is 1. The Bertz CT molecular complexity index is 1140. The third kappa shape index (κ3) is 3.62. The summed E-state index contributed by atoms with van der Waals surface area (Å²) in [4.78, 5) is 40.7. The molecule has 2 heterocycles. The third-order valence-electron chi connectivity index (χ3n) is 5.28. The molecular formula is C24H21NO6S. The smallest absolute Gasteiger partial charge is 0.350 e. The van der Waals surface area contributed by atoms with E-state index in [9.17, 15) is 14.4 Å². The van der Waals surface area contributed by atoms with Crippen molar-refractivity contribution < 1.29 is 28.6 Å². The summed E-state index contributed by atoms with van der Waals surface area (Å²) in [5, 5.41) is 4.52. The number of carbonyl (C=O) groups excluding carboxylic acids is 3. The van der Waals surface area contributed by atoms with E-state index in [1.54, 1.807) is 55.5 Å². The number of rotatable bonds is 6. The first-order valence-electron chi connectivity index (χ1n) is 9.99. The van der Waals surface area contributed by atoms with Crippen LogP contribution in [-0.4, -0.2) is 37.1 Å². The van der Waals surface area contributed by atoms with Crippen LogP contribution >= 0.6 is 11.3 Å². The second-order valence-corrected chi connectivity index (χ2v) is 8.07. The summed E-state index contributed by atoms with van der Waals surface area (Å²) < 4.78 is 16.0. The van der Waals surface area contributed by atoms with Gasteiger partial charge in [-0.1, -0.05) is 24.3 Å². The normalized spacial score (nSPS) is 19.4. The van der Waals surface area contributed by atoms with Gasteiger partial charge in [-0.25, -0.2) is 9.59 Å². The Morgan fingerprint density at radius 3 is 2.50 bits per heavy atom. The quantitative estimate of drug-likeness (QED) is 0.350. The van der Waals surface area contributed by atoms with Gasteiger partial charge in [0.15, 0.2) is 0 Å². The number of amides is 1. The molecule has 164 valence electrons. The van der Waals surface area contributed by atoms with Crippen molar-refractivity contribution in [2.75, 3.05) is 13.7 Å². The van der Waals surface area contributed by atoms with Crippen LogP contribution in [0.15, 0.2) is 66.0 Å². The highest BCUT2D eigenvalue weighted by atomic mass is 32.1. The largest absolute Gasteiger partial charge is 0.497 e. The molecule has 2 aromatic carbocycles. The molecule has 4 rings (SSSR count). The van der Waals surface area contributed by atoms with Crippen LogP contribution < -0.4 is 14.8 Å². The summed E-state index contributed by atoms with van der Waals surface area (Å²) >= 11 is 1.38. The van der Waals surface area contributed by atoms with E-state index in [1.807, 2.05) is 17.5 Å². The summed E-state index contributed by atoms with van der Waals surface area (Å²) in [5.74, 6) is -2.28. The predicted molar refractivity (Wildman–Crippen MR) is 118 cm³/mol. The lowest BCUT2D eigenvalue weighted by atomic mass is 9.75. The minimum absolute atomic E-state index is 0.0328. The summed E-state index contributed by atoms with van der Waals surface area (Å²) in [6.07, 6.45) is 0.